The van der Waals surface area contributed by atoms with Crippen LogP contribution in [-0.2, 0) is 0 Å². The van der Waals surface area contributed by atoms with E-state index in [1.807, 2.05) is 6.92 Å². The molecule has 0 amide bonds. The topological polar surface area (TPSA) is 37.8 Å². The van der Waals surface area contributed by atoms with Crippen LogP contribution in [0, 0.1) is 6.92 Å². The third-order valence-electron chi connectivity index (χ3n) is 2.58. The van der Waals surface area contributed by atoms with Crippen molar-refractivity contribution in [2.24, 2.45) is 0 Å². The highest BCUT2D eigenvalue weighted by atomic mass is 14.9. The zero-order valence-electron chi connectivity index (χ0n) is 7.95. The van der Waals surface area contributed by atoms with Gasteiger partial charge >= 0.3 is 0 Å². The summed E-state index contributed by atoms with van der Waals surface area (Å²) in [6.07, 6.45) is 4.08. The summed E-state index contributed by atoms with van der Waals surface area (Å²) in [6, 6.07) is 2.11. The summed E-state index contributed by atoms with van der Waals surface area (Å²) in [7, 11) is 0. The van der Waals surface area contributed by atoms with E-state index in [-0.39, 0.29) is 0 Å². The van der Waals surface area contributed by atoms with Crippen LogP contribution in [0.4, 0.5) is 0 Å². The minimum absolute atomic E-state index is 0.642. The third-order valence-corrected chi connectivity index (χ3v) is 2.58. The summed E-state index contributed by atoms with van der Waals surface area (Å²) in [5.41, 5.74) is 2.29. The monoisotopic (exact) mass is 177 g/mol. The average molecular weight is 177 g/mol. The highest BCUT2D eigenvalue weighted by Crippen LogP contribution is 2.22. The van der Waals surface area contributed by atoms with Crippen molar-refractivity contribution in [2.45, 2.75) is 25.7 Å². The molecule has 1 fully saturated rings. The smallest absolute Gasteiger partial charge is 0.115 e. The summed E-state index contributed by atoms with van der Waals surface area (Å²) in [5, 5.41) is 3.36. The summed E-state index contributed by atoms with van der Waals surface area (Å²) in [5.74, 6) is 0.642. The fourth-order valence-corrected chi connectivity index (χ4v) is 1.82. The molecule has 1 aliphatic rings. The van der Waals surface area contributed by atoms with Gasteiger partial charge in [0.2, 0.25) is 0 Å². The minimum Gasteiger partial charge on any atom is -0.317 e. The number of hydrogen-bond acceptors (Lipinski definition) is 3. The molecular weight excluding hydrogens is 162 g/mol. The Labute approximate surface area is 78.6 Å². The second-order valence-corrected chi connectivity index (χ2v) is 3.61. The molecule has 0 bridgehead atoms. The van der Waals surface area contributed by atoms with E-state index < -0.39 is 0 Å². The lowest BCUT2D eigenvalue weighted by atomic mass is 9.94. The molecule has 0 aliphatic carbocycles. The highest BCUT2D eigenvalue weighted by Gasteiger charge is 2.16. The van der Waals surface area contributed by atoms with E-state index in [0.717, 1.165) is 18.8 Å². The molecule has 3 nitrogen and oxygen atoms in total. The van der Waals surface area contributed by atoms with E-state index in [1.54, 1.807) is 6.33 Å². The average Bonchev–Trinajstić information content (AvgIpc) is 2.19. The Morgan fingerprint density at radius 1 is 1.31 bits per heavy atom. The Balaban J connectivity index is 2.14. The maximum atomic E-state index is 4.32. The quantitative estimate of drug-likeness (QED) is 0.701. The number of piperidine rings is 1. The van der Waals surface area contributed by atoms with E-state index in [9.17, 15) is 0 Å². The molecule has 70 valence electrons. The van der Waals surface area contributed by atoms with Crippen molar-refractivity contribution < 1.29 is 0 Å². The van der Waals surface area contributed by atoms with Gasteiger partial charge in [-0.3, -0.25) is 0 Å². The van der Waals surface area contributed by atoms with Crippen molar-refractivity contribution >= 4 is 0 Å². The molecule has 0 atom stereocenters. The second kappa shape index (κ2) is 3.83. The zero-order chi connectivity index (χ0) is 9.10. The van der Waals surface area contributed by atoms with E-state index in [2.05, 4.69) is 21.4 Å². The molecule has 2 rings (SSSR count). The summed E-state index contributed by atoms with van der Waals surface area (Å²) < 4.78 is 0. The Hall–Kier alpha value is -0.960. The molecule has 0 radical (unpaired) electrons. The molecule has 2 heterocycles. The van der Waals surface area contributed by atoms with E-state index >= 15 is 0 Å². The van der Waals surface area contributed by atoms with Gasteiger partial charge in [-0.25, -0.2) is 9.97 Å². The van der Waals surface area contributed by atoms with E-state index in [0.29, 0.717) is 5.92 Å². The summed E-state index contributed by atoms with van der Waals surface area (Å²) in [6.45, 7) is 4.26. The fraction of sp³-hybridized carbons (Fsp3) is 0.600. The number of rotatable bonds is 1. The van der Waals surface area contributed by atoms with Gasteiger partial charge in [0.15, 0.2) is 0 Å². The second-order valence-electron chi connectivity index (χ2n) is 3.61. The molecule has 0 saturated carbocycles. The van der Waals surface area contributed by atoms with Gasteiger partial charge in [0.1, 0.15) is 6.33 Å². The van der Waals surface area contributed by atoms with Crippen LogP contribution in [0.5, 0.6) is 0 Å². The van der Waals surface area contributed by atoms with E-state index in [4.69, 9.17) is 0 Å². The lowest BCUT2D eigenvalue weighted by Crippen LogP contribution is -2.27. The molecule has 1 N–H and O–H groups in total. The van der Waals surface area contributed by atoms with Gasteiger partial charge in [-0.1, -0.05) is 0 Å². The molecule has 0 unspecified atom stereocenters. The number of aryl methyl sites for hydroxylation is 1. The zero-order valence-corrected chi connectivity index (χ0v) is 7.95. The molecule has 1 aromatic heterocycles. The maximum absolute atomic E-state index is 4.32. The number of hydrogen-bond donors (Lipinski definition) is 1. The van der Waals surface area contributed by atoms with Gasteiger partial charge in [0, 0.05) is 17.3 Å². The van der Waals surface area contributed by atoms with Crippen LogP contribution >= 0.6 is 0 Å². The van der Waals surface area contributed by atoms with Crippen molar-refractivity contribution in [1.29, 1.82) is 0 Å². The molecular formula is C10H15N3. The van der Waals surface area contributed by atoms with Gasteiger partial charge in [-0.05, 0) is 38.9 Å². The molecule has 3 heteroatoms. The number of nitrogens with zero attached hydrogens (tertiary/aromatic N) is 2. The predicted molar refractivity (Wildman–Crippen MR) is 51.6 cm³/mol. The lowest BCUT2D eigenvalue weighted by molar-refractivity contribution is 0.452. The lowest BCUT2D eigenvalue weighted by Gasteiger charge is -2.21. The van der Waals surface area contributed by atoms with Gasteiger partial charge in [0.25, 0.3) is 0 Å². The van der Waals surface area contributed by atoms with Crippen LogP contribution in [-0.4, -0.2) is 23.1 Å². The Bertz CT molecular complexity index is 279. The van der Waals surface area contributed by atoms with Crippen LogP contribution in [0.25, 0.3) is 0 Å². The normalized spacial score (nSPS) is 18.8. The van der Waals surface area contributed by atoms with Gasteiger partial charge in [-0.15, -0.1) is 0 Å². The van der Waals surface area contributed by atoms with Gasteiger partial charge in [0.05, 0.1) is 0 Å². The molecule has 0 aromatic carbocycles. The Kier molecular flexibility index (Phi) is 2.54. The number of nitrogens with one attached hydrogen (secondary N) is 1. The first kappa shape index (κ1) is 8.63. The first-order chi connectivity index (χ1) is 6.36. The van der Waals surface area contributed by atoms with Crippen molar-refractivity contribution in [3.63, 3.8) is 0 Å². The van der Waals surface area contributed by atoms with Gasteiger partial charge < -0.3 is 5.32 Å². The summed E-state index contributed by atoms with van der Waals surface area (Å²) in [4.78, 5) is 8.43. The largest absolute Gasteiger partial charge is 0.317 e. The van der Waals surface area contributed by atoms with Crippen LogP contribution in [0.15, 0.2) is 12.4 Å². The first-order valence-corrected chi connectivity index (χ1v) is 4.85. The highest BCUT2D eigenvalue weighted by molar-refractivity contribution is 5.12. The first-order valence-electron chi connectivity index (χ1n) is 4.85. The van der Waals surface area contributed by atoms with Crippen LogP contribution in [0.3, 0.4) is 0 Å². The summed E-state index contributed by atoms with van der Waals surface area (Å²) >= 11 is 0. The molecule has 1 aromatic rings. The third kappa shape index (κ3) is 2.04. The van der Waals surface area contributed by atoms with Gasteiger partial charge in [-0.2, -0.15) is 0 Å². The van der Waals surface area contributed by atoms with Crippen molar-refractivity contribution in [3.8, 4) is 0 Å². The Morgan fingerprint density at radius 3 is 2.77 bits per heavy atom. The molecule has 1 aliphatic heterocycles. The standard InChI is InChI=1S/C10H15N3/c1-8-6-10(13-7-12-8)9-2-4-11-5-3-9/h6-7,9,11H,2-5H2,1H3. The maximum Gasteiger partial charge on any atom is 0.115 e. The SMILES string of the molecule is Cc1cc(C2CCNCC2)ncn1. The molecule has 1 saturated heterocycles. The fourth-order valence-electron chi connectivity index (χ4n) is 1.82. The van der Waals surface area contributed by atoms with Crippen molar-refractivity contribution in [1.82, 2.24) is 15.3 Å². The van der Waals surface area contributed by atoms with Crippen LogP contribution in [0.2, 0.25) is 0 Å². The Morgan fingerprint density at radius 2 is 2.08 bits per heavy atom. The van der Waals surface area contributed by atoms with Crippen LogP contribution < -0.4 is 5.32 Å². The minimum atomic E-state index is 0.642. The van der Waals surface area contributed by atoms with Crippen LogP contribution in [0.1, 0.15) is 30.1 Å². The molecule has 13 heavy (non-hydrogen) atoms. The molecule has 0 spiro atoms. The number of aromatic nitrogens is 2. The van der Waals surface area contributed by atoms with Crippen molar-refractivity contribution in [2.75, 3.05) is 13.1 Å². The van der Waals surface area contributed by atoms with Crippen molar-refractivity contribution in [3.05, 3.63) is 23.8 Å². The predicted octanol–water partition coefficient (Wildman–Crippen LogP) is 1.25. The van der Waals surface area contributed by atoms with E-state index in [1.165, 1.54) is 18.5 Å².